The summed E-state index contributed by atoms with van der Waals surface area (Å²) in [6, 6.07) is 3.92. The van der Waals surface area contributed by atoms with Crippen molar-refractivity contribution < 1.29 is 9.84 Å². The van der Waals surface area contributed by atoms with Crippen LogP contribution in [0.1, 0.15) is 11.3 Å². The predicted octanol–water partition coefficient (Wildman–Crippen LogP) is 1.17. The summed E-state index contributed by atoms with van der Waals surface area (Å²) < 4.78 is 5.31. The molecule has 1 N–H and O–H groups in total. The van der Waals surface area contributed by atoms with E-state index in [0.717, 1.165) is 22.4 Å². The highest BCUT2D eigenvalue weighted by molar-refractivity contribution is 5.72. The quantitative estimate of drug-likeness (QED) is 0.763. The molecule has 0 atom stereocenters. The zero-order valence-electron chi connectivity index (χ0n) is 8.16. The van der Waals surface area contributed by atoms with Crippen molar-refractivity contribution in [2.75, 3.05) is 19.8 Å². The van der Waals surface area contributed by atoms with Gasteiger partial charge in [0.1, 0.15) is 0 Å². The van der Waals surface area contributed by atoms with E-state index in [-0.39, 0.29) is 6.61 Å². The fourth-order valence-electron chi connectivity index (χ4n) is 1.68. The first kappa shape index (κ1) is 9.37. The van der Waals surface area contributed by atoms with Crippen LogP contribution in [0.2, 0.25) is 0 Å². The molecule has 1 aromatic rings. The monoisotopic (exact) mass is 191 g/mol. The summed E-state index contributed by atoms with van der Waals surface area (Å²) in [5.74, 6) is 0. The van der Waals surface area contributed by atoms with E-state index in [1.54, 1.807) is 6.20 Å². The molecule has 2 rings (SSSR count). The molecule has 1 aliphatic rings. The maximum Gasteiger partial charge on any atom is 0.0729 e. The Morgan fingerprint density at radius 2 is 2.36 bits per heavy atom. The molecule has 0 bridgehead atoms. The van der Waals surface area contributed by atoms with E-state index in [1.807, 2.05) is 19.1 Å². The van der Waals surface area contributed by atoms with Gasteiger partial charge in [0.05, 0.1) is 19.8 Å². The normalized spacial score (nSPS) is 16.4. The molecule has 0 saturated carbocycles. The van der Waals surface area contributed by atoms with Crippen molar-refractivity contribution in [2.45, 2.75) is 6.92 Å². The molecule has 3 heteroatoms. The number of hydrogen-bond donors (Lipinski definition) is 1. The van der Waals surface area contributed by atoms with Crippen LogP contribution in [0.5, 0.6) is 0 Å². The van der Waals surface area contributed by atoms with Crippen molar-refractivity contribution in [1.82, 2.24) is 4.98 Å². The second-order valence-electron chi connectivity index (χ2n) is 3.37. The van der Waals surface area contributed by atoms with Gasteiger partial charge < -0.3 is 9.84 Å². The Bertz CT molecular complexity index is 371. The summed E-state index contributed by atoms with van der Waals surface area (Å²) in [4.78, 5) is 4.22. The van der Waals surface area contributed by atoms with Gasteiger partial charge in [-0.05, 0) is 24.1 Å². The Morgan fingerprint density at radius 3 is 3.07 bits per heavy atom. The summed E-state index contributed by atoms with van der Waals surface area (Å²) in [5.41, 5.74) is 4.15. The number of pyridine rings is 1. The van der Waals surface area contributed by atoms with Crippen LogP contribution >= 0.6 is 0 Å². The Balaban J connectivity index is 2.44. The van der Waals surface area contributed by atoms with Gasteiger partial charge in [0, 0.05) is 17.5 Å². The molecule has 0 aromatic carbocycles. The zero-order valence-corrected chi connectivity index (χ0v) is 8.16. The predicted molar refractivity (Wildman–Crippen MR) is 53.8 cm³/mol. The fourth-order valence-corrected chi connectivity index (χ4v) is 1.68. The smallest absolute Gasteiger partial charge is 0.0729 e. The summed E-state index contributed by atoms with van der Waals surface area (Å²) in [6.45, 7) is 3.17. The van der Waals surface area contributed by atoms with Crippen LogP contribution in [-0.2, 0) is 4.74 Å². The Morgan fingerprint density at radius 1 is 1.50 bits per heavy atom. The van der Waals surface area contributed by atoms with Crippen LogP contribution in [-0.4, -0.2) is 29.9 Å². The minimum atomic E-state index is 0.0731. The standard InChI is InChI=1S/C11H13NO2/c1-8-10(3-2-4-12-8)11-7-14-6-9(11)5-13/h2-4,13H,5-7H2,1H3. The molecule has 0 fully saturated rings. The van der Waals surface area contributed by atoms with Crippen molar-refractivity contribution in [3.05, 3.63) is 35.2 Å². The number of aromatic nitrogens is 1. The van der Waals surface area contributed by atoms with Crippen molar-refractivity contribution in [3.63, 3.8) is 0 Å². The summed E-state index contributed by atoms with van der Waals surface area (Å²) in [7, 11) is 0. The molecule has 1 aliphatic heterocycles. The highest BCUT2D eigenvalue weighted by atomic mass is 16.5. The minimum absolute atomic E-state index is 0.0731. The molecule has 0 unspecified atom stereocenters. The molecule has 0 aliphatic carbocycles. The van der Waals surface area contributed by atoms with Gasteiger partial charge in [-0.25, -0.2) is 0 Å². The first-order chi connectivity index (χ1) is 6.83. The molecular formula is C11H13NO2. The van der Waals surface area contributed by atoms with Gasteiger partial charge in [-0.3, -0.25) is 4.98 Å². The second kappa shape index (κ2) is 3.90. The first-order valence-electron chi connectivity index (χ1n) is 4.64. The van der Waals surface area contributed by atoms with Crippen LogP contribution < -0.4 is 0 Å². The van der Waals surface area contributed by atoms with E-state index >= 15 is 0 Å². The molecule has 74 valence electrons. The fraction of sp³-hybridized carbons (Fsp3) is 0.364. The lowest BCUT2D eigenvalue weighted by Gasteiger charge is -2.06. The molecule has 0 radical (unpaired) electrons. The van der Waals surface area contributed by atoms with Gasteiger partial charge >= 0.3 is 0 Å². The lowest BCUT2D eigenvalue weighted by Crippen LogP contribution is -1.97. The van der Waals surface area contributed by atoms with Gasteiger partial charge in [-0.1, -0.05) is 6.07 Å². The zero-order chi connectivity index (χ0) is 9.97. The summed E-state index contributed by atoms with van der Waals surface area (Å²) >= 11 is 0. The molecule has 3 nitrogen and oxygen atoms in total. The van der Waals surface area contributed by atoms with Crippen LogP contribution in [0, 0.1) is 6.92 Å². The average Bonchev–Trinajstić information content (AvgIpc) is 2.66. The lowest BCUT2D eigenvalue weighted by molar-refractivity contribution is 0.201. The van der Waals surface area contributed by atoms with E-state index in [9.17, 15) is 0 Å². The highest BCUT2D eigenvalue weighted by Gasteiger charge is 2.17. The number of aliphatic hydroxyl groups excluding tert-OH is 1. The summed E-state index contributed by atoms with van der Waals surface area (Å²) in [5, 5.41) is 9.13. The largest absolute Gasteiger partial charge is 0.392 e. The van der Waals surface area contributed by atoms with Gasteiger partial charge in [0.2, 0.25) is 0 Å². The number of hydrogen-bond acceptors (Lipinski definition) is 3. The Kier molecular flexibility index (Phi) is 2.61. The third-order valence-electron chi connectivity index (χ3n) is 2.47. The number of nitrogens with zero attached hydrogens (tertiary/aromatic N) is 1. The van der Waals surface area contributed by atoms with Gasteiger partial charge in [0.15, 0.2) is 0 Å². The van der Waals surface area contributed by atoms with Gasteiger partial charge in [-0.15, -0.1) is 0 Å². The maximum atomic E-state index is 9.13. The van der Waals surface area contributed by atoms with Gasteiger partial charge in [-0.2, -0.15) is 0 Å². The molecule has 2 heterocycles. The van der Waals surface area contributed by atoms with Crippen molar-refractivity contribution in [3.8, 4) is 0 Å². The second-order valence-corrected chi connectivity index (χ2v) is 3.37. The van der Waals surface area contributed by atoms with Gasteiger partial charge in [0.25, 0.3) is 0 Å². The maximum absolute atomic E-state index is 9.13. The lowest BCUT2D eigenvalue weighted by atomic mass is 10.0. The molecular weight excluding hydrogens is 178 g/mol. The minimum Gasteiger partial charge on any atom is -0.392 e. The molecule has 0 saturated heterocycles. The number of ether oxygens (including phenoxy) is 1. The van der Waals surface area contributed by atoms with Crippen molar-refractivity contribution in [1.29, 1.82) is 0 Å². The number of rotatable bonds is 2. The number of aryl methyl sites for hydroxylation is 1. The third-order valence-corrected chi connectivity index (χ3v) is 2.47. The Labute approximate surface area is 83.1 Å². The molecule has 1 aromatic heterocycles. The van der Waals surface area contributed by atoms with Crippen LogP contribution in [0.3, 0.4) is 0 Å². The van der Waals surface area contributed by atoms with Crippen LogP contribution in [0.15, 0.2) is 23.9 Å². The van der Waals surface area contributed by atoms with E-state index in [2.05, 4.69) is 4.98 Å². The van der Waals surface area contributed by atoms with E-state index in [0.29, 0.717) is 13.2 Å². The number of aliphatic hydroxyl groups is 1. The SMILES string of the molecule is Cc1ncccc1C1=C(CO)COC1. The molecule has 14 heavy (non-hydrogen) atoms. The molecule has 0 spiro atoms. The van der Waals surface area contributed by atoms with Crippen LogP contribution in [0.25, 0.3) is 5.57 Å². The van der Waals surface area contributed by atoms with Crippen molar-refractivity contribution in [2.24, 2.45) is 0 Å². The summed E-state index contributed by atoms with van der Waals surface area (Å²) in [6.07, 6.45) is 1.77. The van der Waals surface area contributed by atoms with E-state index < -0.39 is 0 Å². The average molecular weight is 191 g/mol. The van der Waals surface area contributed by atoms with Crippen molar-refractivity contribution >= 4 is 5.57 Å². The van der Waals surface area contributed by atoms with E-state index in [1.165, 1.54) is 0 Å². The third kappa shape index (κ3) is 1.56. The topological polar surface area (TPSA) is 42.4 Å². The first-order valence-corrected chi connectivity index (χ1v) is 4.64. The Hall–Kier alpha value is -1.19. The molecule has 0 amide bonds. The highest BCUT2D eigenvalue weighted by Crippen LogP contribution is 2.25. The van der Waals surface area contributed by atoms with E-state index in [4.69, 9.17) is 9.84 Å². The van der Waals surface area contributed by atoms with Crippen LogP contribution in [0.4, 0.5) is 0 Å².